The van der Waals surface area contributed by atoms with Gasteiger partial charge in [0, 0.05) is 18.5 Å². The number of guanidine groups is 1. The molecule has 1 saturated carbocycles. The van der Waals surface area contributed by atoms with Gasteiger partial charge >= 0.3 is 0 Å². The van der Waals surface area contributed by atoms with Gasteiger partial charge in [0.1, 0.15) is 0 Å². The lowest BCUT2D eigenvalue weighted by Crippen LogP contribution is -2.37. The van der Waals surface area contributed by atoms with E-state index in [2.05, 4.69) is 68.8 Å². The minimum absolute atomic E-state index is 0. The third-order valence-corrected chi connectivity index (χ3v) is 4.62. The van der Waals surface area contributed by atoms with Gasteiger partial charge in [0.15, 0.2) is 5.96 Å². The lowest BCUT2D eigenvalue weighted by molar-refractivity contribution is 0.476. The summed E-state index contributed by atoms with van der Waals surface area (Å²) in [5, 5.41) is 0. The zero-order valence-corrected chi connectivity index (χ0v) is 17.7. The van der Waals surface area contributed by atoms with Crippen LogP contribution in [0.1, 0.15) is 58.6 Å². The Morgan fingerprint density at radius 1 is 1.09 bits per heavy atom. The van der Waals surface area contributed by atoms with E-state index in [0.717, 1.165) is 0 Å². The summed E-state index contributed by atoms with van der Waals surface area (Å²) in [6.45, 7) is 11.9. The molecule has 2 N–H and O–H groups in total. The molecule has 1 aliphatic carbocycles. The van der Waals surface area contributed by atoms with Crippen LogP contribution in [0, 0.1) is 0 Å². The molecule has 0 radical (unpaired) electrons. The van der Waals surface area contributed by atoms with E-state index in [-0.39, 0.29) is 34.8 Å². The molecule has 0 saturated heterocycles. The molecule has 4 heteroatoms. The maximum atomic E-state index is 6.10. The quantitative estimate of drug-likeness (QED) is 0.441. The smallest absolute Gasteiger partial charge is 0.191 e. The Hall–Kier alpha value is -0.780. The van der Waals surface area contributed by atoms with E-state index in [1.165, 1.54) is 24.0 Å². The largest absolute Gasteiger partial charge is 0.370 e. The van der Waals surface area contributed by atoms with E-state index in [1.807, 2.05) is 7.05 Å². The lowest BCUT2D eigenvalue weighted by atomic mass is 9.81. The molecule has 1 aromatic carbocycles. The molecule has 0 aliphatic heterocycles. The molecule has 0 amide bonds. The topological polar surface area (TPSA) is 41.6 Å². The molecular formula is C19H32IN3. The van der Waals surface area contributed by atoms with Gasteiger partial charge in [0.2, 0.25) is 0 Å². The monoisotopic (exact) mass is 429 g/mol. The molecule has 3 nitrogen and oxygen atoms in total. The molecule has 0 heterocycles. The number of benzene rings is 1. The standard InChI is InChI=1S/C19H31N3.HI/c1-18(2,3)14-7-9-15(10-8-14)19(4,5)13-21-17(20)22(6)16-11-12-16;/h7-10,16H,11-13H2,1-6H3,(H2,20,21);1H. The third-order valence-electron chi connectivity index (χ3n) is 4.62. The van der Waals surface area contributed by atoms with E-state index in [0.29, 0.717) is 18.5 Å². The number of hydrogen-bond donors (Lipinski definition) is 1. The van der Waals surface area contributed by atoms with Gasteiger partial charge < -0.3 is 10.6 Å². The van der Waals surface area contributed by atoms with E-state index >= 15 is 0 Å². The average Bonchev–Trinajstić information content (AvgIpc) is 3.28. The highest BCUT2D eigenvalue weighted by atomic mass is 127. The van der Waals surface area contributed by atoms with Gasteiger partial charge in [-0.2, -0.15) is 0 Å². The van der Waals surface area contributed by atoms with Crippen LogP contribution in [0.15, 0.2) is 29.3 Å². The molecule has 2 rings (SSSR count). The van der Waals surface area contributed by atoms with Crippen molar-refractivity contribution >= 4 is 29.9 Å². The second-order valence-corrected chi connectivity index (χ2v) is 8.23. The predicted molar refractivity (Wildman–Crippen MR) is 111 cm³/mol. The first kappa shape index (κ1) is 20.3. The third kappa shape index (κ3) is 5.37. The van der Waals surface area contributed by atoms with E-state index < -0.39 is 0 Å². The van der Waals surface area contributed by atoms with Crippen molar-refractivity contribution < 1.29 is 0 Å². The summed E-state index contributed by atoms with van der Waals surface area (Å²) >= 11 is 0. The second kappa shape index (κ2) is 7.41. The summed E-state index contributed by atoms with van der Waals surface area (Å²) in [7, 11) is 2.04. The van der Waals surface area contributed by atoms with Crippen molar-refractivity contribution in [2.75, 3.05) is 13.6 Å². The fourth-order valence-corrected chi connectivity index (χ4v) is 2.55. The van der Waals surface area contributed by atoms with Gasteiger partial charge in [-0.15, -0.1) is 24.0 Å². The first-order valence-electron chi connectivity index (χ1n) is 8.25. The molecule has 1 fully saturated rings. The van der Waals surface area contributed by atoms with Crippen molar-refractivity contribution in [3.8, 4) is 0 Å². The first-order valence-corrected chi connectivity index (χ1v) is 8.25. The summed E-state index contributed by atoms with van der Waals surface area (Å²) in [5.41, 5.74) is 8.96. The van der Waals surface area contributed by atoms with Crippen molar-refractivity contribution in [1.29, 1.82) is 0 Å². The average molecular weight is 429 g/mol. The molecule has 0 bridgehead atoms. The minimum atomic E-state index is -0.00851. The van der Waals surface area contributed by atoms with Crippen molar-refractivity contribution in [3.63, 3.8) is 0 Å². The van der Waals surface area contributed by atoms with Crippen molar-refractivity contribution in [2.45, 2.75) is 64.3 Å². The molecular weight excluding hydrogens is 397 g/mol. The maximum absolute atomic E-state index is 6.10. The summed E-state index contributed by atoms with van der Waals surface area (Å²) in [6, 6.07) is 9.55. The Balaban J connectivity index is 0.00000264. The highest BCUT2D eigenvalue weighted by molar-refractivity contribution is 14.0. The Labute approximate surface area is 158 Å². The Bertz CT molecular complexity index is 537. The van der Waals surface area contributed by atoms with Crippen LogP contribution in [-0.4, -0.2) is 30.5 Å². The number of hydrogen-bond acceptors (Lipinski definition) is 1. The number of halogens is 1. The zero-order chi connectivity index (χ0) is 16.5. The van der Waals surface area contributed by atoms with Crippen LogP contribution < -0.4 is 5.73 Å². The first-order chi connectivity index (χ1) is 10.1. The van der Waals surface area contributed by atoms with Crippen LogP contribution in [-0.2, 0) is 10.8 Å². The van der Waals surface area contributed by atoms with Crippen LogP contribution in [0.5, 0.6) is 0 Å². The van der Waals surface area contributed by atoms with Crippen molar-refractivity contribution in [1.82, 2.24) is 4.90 Å². The highest BCUT2D eigenvalue weighted by Crippen LogP contribution is 2.28. The van der Waals surface area contributed by atoms with Crippen LogP contribution >= 0.6 is 24.0 Å². The van der Waals surface area contributed by atoms with Gasteiger partial charge in [0.05, 0.1) is 6.54 Å². The van der Waals surface area contributed by atoms with Gasteiger partial charge in [-0.25, -0.2) is 0 Å². The van der Waals surface area contributed by atoms with Crippen molar-refractivity contribution in [3.05, 3.63) is 35.4 Å². The summed E-state index contributed by atoms with van der Waals surface area (Å²) < 4.78 is 0. The van der Waals surface area contributed by atoms with Gasteiger partial charge in [0.25, 0.3) is 0 Å². The summed E-state index contributed by atoms with van der Waals surface area (Å²) in [4.78, 5) is 6.73. The molecule has 1 aromatic rings. The van der Waals surface area contributed by atoms with Crippen LogP contribution in [0.4, 0.5) is 0 Å². The summed E-state index contributed by atoms with van der Waals surface area (Å²) in [6.07, 6.45) is 2.48. The second-order valence-electron chi connectivity index (χ2n) is 8.23. The molecule has 130 valence electrons. The van der Waals surface area contributed by atoms with Gasteiger partial charge in [-0.3, -0.25) is 4.99 Å². The van der Waals surface area contributed by atoms with E-state index in [9.17, 15) is 0 Å². The van der Waals surface area contributed by atoms with Gasteiger partial charge in [-0.1, -0.05) is 58.9 Å². The Kier molecular flexibility index (Phi) is 6.53. The molecule has 1 aliphatic rings. The van der Waals surface area contributed by atoms with Crippen molar-refractivity contribution in [2.24, 2.45) is 10.7 Å². The zero-order valence-electron chi connectivity index (χ0n) is 15.4. The molecule has 23 heavy (non-hydrogen) atoms. The fourth-order valence-electron chi connectivity index (χ4n) is 2.55. The van der Waals surface area contributed by atoms with E-state index in [1.54, 1.807) is 0 Å². The normalized spacial score (nSPS) is 16.0. The molecule has 0 aromatic heterocycles. The SMILES string of the molecule is CN(C(N)=NCC(C)(C)c1ccc(C(C)(C)C)cc1)C1CC1.I. The predicted octanol–water partition coefficient (Wildman–Crippen LogP) is 4.29. The minimum Gasteiger partial charge on any atom is -0.370 e. The Morgan fingerprint density at radius 2 is 1.57 bits per heavy atom. The number of nitrogens with two attached hydrogens (primary N) is 1. The number of rotatable bonds is 4. The molecule has 0 atom stereocenters. The van der Waals surface area contributed by atoms with Gasteiger partial charge in [-0.05, 0) is 29.4 Å². The Morgan fingerprint density at radius 3 is 2.00 bits per heavy atom. The fraction of sp³-hybridized carbons (Fsp3) is 0.632. The number of aliphatic imine (C=N–C) groups is 1. The van der Waals surface area contributed by atoms with Crippen LogP contribution in [0.2, 0.25) is 0 Å². The highest BCUT2D eigenvalue weighted by Gasteiger charge is 2.28. The number of nitrogens with zero attached hydrogens (tertiary/aromatic N) is 2. The van der Waals surface area contributed by atoms with Crippen LogP contribution in [0.25, 0.3) is 0 Å². The molecule has 0 spiro atoms. The van der Waals surface area contributed by atoms with E-state index in [4.69, 9.17) is 5.73 Å². The maximum Gasteiger partial charge on any atom is 0.191 e. The molecule has 0 unspecified atom stereocenters. The summed E-state index contributed by atoms with van der Waals surface area (Å²) in [5.74, 6) is 0.668. The van der Waals surface area contributed by atoms with Crippen LogP contribution in [0.3, 0.4) is 0 Å². The lowest BCUT2D eigenvalue weighted by Gasteiger charge is -2.26.